The first kappa shape index (κ1) is 10.5. The van der Waals surface area contributed by atoms with Gasteiger partial charge < -0.3 is 10.8 Å². The molecule has 14 heavy (non-hydrogen) atoms. The Labute approximate surface area is 82.8 Å². The molecule has 1 aromatic rings. The minimum Gasteiger partial charge on any atom is -0.481 e. The molecular weight excluding hydrogens is 180 g/mol. The molecule has 3 N–H and O–H groups in total. The highest BCUT2D eigenvalue weighted by molar-refractivity contribution is 5.68. The van der Waals surface area contributed by atoms with Crippen LogP contribution in [0.4, 0.5) is 5.82 Å². The zero-order valence-electron chi connectivity index (χ0n) is 8.32. The van der Waals surface area contributed by atoms with Crippen LogP contribution in [0, 0.1) is 6.92 Å². The summed E-state index contributed by atoms with van der Waals surface area (Å²) in [5, 5.41) is 8.64. The Morgan fingerprint density at radius 2 is 2.36 bits per heavy atom. The van der Waals surface area contributed by atoms with E-state index in [2.05, 4.69) is 4.98 Å². The van der Waals surface area contributed by atoms with Crippen LogP contribution >= 0.6 is 0 Å². The topological polar surface area (TPSA) is 76.2 Å². The number of rotatable bonds is 3. The van der Waals surface area contributed by atoms with Gasteiger partial charge in [0, 0.05) is 6.20 Å². The quantitative estimate of drug-likeness (QED) is 0.765. The molecule has 0 aromatic carbocycles. The van der Waals surface area contributed by atoms with Gasteiger partial charge in [-0.15, -0.1) is 0 Å². The Bertz CT molecular complexity index is 350. The van der Waals surface area contributed by atoms with Crippen molar-refractivity contribution in [2.24, 2.45) is 0 Å². The number of carboxylic acid groups (broad SMARTS) is 1. The second kappa shape index (κ2) is 4.09. The standard InChI is InChI=1S/C10H14N2O2/c1-6-3-8(10(11)12-5-6)7(2)4-9(13)14/h3,5,7H,4H2,1-2H3,(H2,11,12)(H,13,14). The molecule has 0 aliphatic heterocycles. The van der Waals surface area contributed by atoms with E-state index in [0.717, 1.165) is 11.1 Å². The monoisotopic (exact) mass is 194 g/mol. The molecule has 1 rings (SSSR count). The summed E-state index contributed by atoms with van der Waals surface area (Å²) in [7, 11) is 0. The number of aryl methyl sites for hydroxylation is 1. The van der Waals surface area contributed by atoms with Crippen molar-refractivity contribution in [3.05, 3.63) is 23.4 Å². The molecule has 1 heterocycles. The first-order valence-corrected chi connectivity index (χ1v) is 4.44. The number of anilines is 1. The van der Waals surface area contributed by atoms with Gasteiger partial charge in [0.1, 0.15) is 5.82 Å². The molecule has 0 aliphatic carbocycles. The van der Waals surface area contributed by atoms with Crippen molar-refractivity contribution in [3.63, 3.8) is 0 Å². The fourth-order valence-corrected chi connectivity index (χ4v) is 1.37. The summed E-state index contributed by atoms with van der Waals surface area (Å²) in [5.41, 5.74) is 7.47. The van der Waals surface area contributed by atoms with Gasteiger partial charge >= 0.3 is 5.97 Å². The van der Waals surface area contributed by atoms with Crippen LogP contribution < -0.4 is 5.73 Å². The van der Waals surface area contributed by atoms with Crippen LogP contribution in [0.15, 0.2) is 12.3 Å². The minimum atomic E-state index is -0.821. The van der Waals surface area contributed by atoms with Crippen molar-refractivity contribution in [1.29, 1.82) is 0 Å². The highest BCUT2D eigenvalue weighted by Crippen LogP contribution is 2.23. The number of aromatic nitrogens is 1. The van der Waals surface area contributed by atoms with E-state index in [4.69, 9.17) is 10.8 Å². The number of nitrogen functional groups attached to an aromatic ring is 1. The van der Waals surface area contributed by atoms with E-state index in [0.29, 0.717) is 5.82 Å². The summed E-state index contributed by atoms with van der Waals surface area (Å²) in [4.78, 5) is 14.5. The molecular formula is C10H14N2O2. The van der Waals surface area contributed by atoms with Crippen LogP contribution in [-0.4, -0.2) is 16.1 Å². The van der Waals surface area contributed by atoms with Gasteiger partial charge in [-0.3, -0.25) is 4.79 Å². The molecule has 0 radical (unpaired) electrons. The molecule has 0 saturated carbocycles. The fraction of sp³-hybridized carbons (Fsp3) is 0.400. The highest BCUT2D eigenvalue weighted by atomic mass is 16.4. The molecule has 1 atom stereocenters. The van der Waals surface area contributed by atoms with Crippen molar-refractivity contribution < 1.29 is 9.90 Å². The normalized spacial score (nSPS) is 12.4. The highest BCUT2D eigenvalue weighted by Gasteiger charge is 2.13. The zero-order valence-corrected chi connectivity index (χ0v) is 8.32. The first-order valence-electron chi connectivity index (χ1n) is 4.44. The summed E-state index contributed by atoms with van der Waals surface area (Å²) in [6, 6.07) is 1.88. The molecule has 1 aromatic heterocycles. The van der Waals surface area contributed by atoms with Crippen LogP contribution in [0.2, 0.25) is 0 Å². The summed E-state index contributed by atoms with van der Waals surface area (Å²) in [6.07, 6.45) is 1.75. The number of pyridine rings is 1. The van der Waals surface area contributed by atoms with Gasteiger partial charge in [-0.2, -0.15) is 0 Å². The third kappa shape index (κ3) is 2.45. The molecule has 0 fully saturated rings. The van der Waals surface area contributed by atoms with Crippen LogP contribution in [0.5, 0.6) is 0 Å². The van der Waals surface area contributed by atoms with Crippen molar-refractivity contribution in [1.82, 2.24) is 4.98 Å². The number of hydrogen-bond donors (Lipinski definition) is 2. The number of hydrogen-bond acceptors (Lipinski definition) is 3. The van der Waals surface area contributed by atoms with Crippen molar-refractivity contribution in [2.45, 2.75) is 26.2 Å². The summed E-state index contributed by atoms with van der Waals surface area (Å²) < 4.78 is 0. The van der Waals surface area contributed by atoms with E-state index in [1.165, 1.54) is 0 Å². The maximum absolute atomic E-state index is 10.5. The third-order valence-corrected chi connectivity index (χ3v) is 2.10. The molecule has 0 bridgehead atoms. The second-order valence-corrected chi connectivity index (χ2v) is 3.49. The van der Waals surface area contributed by atoms with Gasteiger partial charge in [-0.05, 0) is 24.0 Å². The van der Waals surface area contributed by atoms with Gasteiger partial charge in [-0.25, -0.2) is 4.98 Å². The predicted molar refractivity (Wildman–Crippen MR) is 54.1 cm³/mol. The maximum atomic E-state index is 10.5. The number of carboxylic acids is 1. The lowest BCUT2D eigenvalue weighted by Crippen LogP contribution is -2.07. The molecule has 0 amide bonds. The lowest BCUT2D eigenvalue weighted by Gasteiger charge is -2.11. The van der Waals surface area contributed by atoms with E-state index in [1.807, 2.05) is 19.9 Å². The van der Waals surface area contributed by atoms with Crippen LogP contribution in [0.1, 0.15) is 30.4 Å². The minimum absolute atomic E-state index is 0.0787. The Morgan fingerprint density at radius 1 is 1.71 bits per heavy atom. The van der Waals surface area contributed by atoms with Gasteiger partial charge in [0.2, 0.25) is 0 Å². The Balaban J connectivity index is 2.93. The lowest BCUT2D eigenvalue weighted by molar-refractivity contribution is -0.137. The van der Waals surface area contributed by atoms with E-state index in [9.17, 15) is 4.79 Å². The van der Waals surface area contributed by atoms with Crippen LogP contribution in [0.3, 0.4) is 0 Å². The average Bonchev–Trinajstić information content (AvgIpc) is 2.08. The predicted octanol–water partition coefficient (Wildman–Crippen LogP) is 1.55. The molecule has 1 unspecified atom stereocenters. The Kier molecular flexibility index (Phi) is 3.06. The smallest absolute Gasteiger partial charge is 0.303 e. The second-order valence-electron chi connectivity index (χ2n) is 3.49. The van der Waals surface area contributed by atoms with Gasteiger partial charge in [0.25, 0.3) is 0 Å². The molecule has 0 saturated heterocycles. The first-order chi connectivity index (χ1) is 6.50. The fourth-order valence-electron chi connectivity index (χ4n) is 1.37. The molecule has 0 aliphatic rings. The zero-order chi connectivity index (χ0) is 10.7. The molecule has 4 nitrogen and oxygen atoms in total. The van der Waals surface area contributed by atoms with E-state index >= 15 is 0 Å². The summed E-state index contributed by atoms with van der Waals surface area (Å²) >= 11 is 0. The number of aliphatic carboxylic acids is 1. The lowest BCUT2D eigenvalue weighted by atomic mass is 9.97. The largest absolute Gasteiger partial charge is 0.481 e. The average molecular weight is 194 g/mol. The van der Waals surface area contributed by atoms with Gasteiger partial charge in [0.05, 0.1) is 6.42 Å². The third-order valence-electron chi connectivity index (χ3n) is 2.10. The van der Waals surface area contributed by atoms with E-state index in [-0.39, 0.29) is 12.3 Å². The van der Waals surface area contributed by atoms with Gasteiger partial charge in [0.15, 0.2) is 0 Å². The number of nitrogens with zero attached hydrogens (tertiary/aromatic N) is 1. The number of nitrogens with two attached hydrogens (primary N) is 1. The number of carbonyl (C=O) groups is 1. The Morgan fingerprint density at radius 3 is 2.93 bits per heavy atom. The SMILES string of the molecule is Cc1cnc(N)c(C(C)CC(=O)O)c1. The van der Waals surface area contributed by atoms with Crippen molar-refractivity contribution in [3.8, 4) is 0 Å². The summed E-state index contributed by atoms with van der Waals surface area (Å²) in [5.74, 6) is -0.498. The van der Waals surface area contributed by atoms with E-state index in [1.54, 1.807) is 6.20 Å². The summed E-state index contributed by atoms with van der Waals surface area (Å²) in [6.45, 7) is 3.74. The molecule has 4 heteroatoms. The van der Waals surface area contributed by atoms with Gasteiger partial charge in [-0.1, -0.05) is 13.0 Å². The van der Waals surface area contributed by atoms with Crippen molar-refractivity contribution in [2.75, 3.05) is 5.73 Å². The molecule has 76 valence electrons. The maximum Gasteiger partial charge on any atom is 0.303 e. The Hall–Kier alpha value is -1.58. The van der Waals surface area contributed by atoms with Crippen LogP contribution in [0.25, 0.3) is 0 Å². The van der Waals surface area contributed by atoms with E-state index < -0.39 is 5.97 Å². The molecule has 0 spiro atoms. The van der Waals surface area contributed by atoms with Crippen molar-refractivity contribution >= 4 is 11.8 Å². The van der Waals surface area contributed by atoms with Crippen LogP contribution in [-0.2, 0) is 4.79 Å².